The van der Waals surface area contributed by atoms with E-state index in [0.29, 0.717) is 13.1 Å². The number of hydrogen-bond acceptors (Lipinski definition) is 3. The van der Waals surface area contributed by atoms with Gasteiger partial charge < -0.3 is 15.2 Å². The Labute approximate surface area is 150 Å². The van der Waals surface area contributed by atoms with Crippen LogP contribution in [0, 0.1) is 6.92 Å². The van der Waals surface area contributed by atoms with Crippen molar-refractivity contribution in [3.63, 3.8) is 0 Å². The average Bonchev–Trinajstić information content (AvgIpc) is 3.07. The van der Waals surface area contributed by atoms with E-state index < -0.39 is 0 Å². The fourth-order valence-corrected chi connectivity index (χ4v) is 2.69. The van der Waals surface area contributed by atoms with Crippen LogP contribution < -0.4 is 10.6 Å². The van der Waals surface area contributed by atoms with Gasteiger partial charge in [-0.3, -0.25) is 4.99 Å². The fourth-order valence-electron chi connectivity index (χ4n) is 2.69. The monoisotopic (exact) mass is 340 g/mol. The number of aryl methyl sites for hydroxylation is 2. The van der Waals surface area contributed by atoms with Crippen molar-refractivity contribution in [3.8, 4) is 0 Å². The first-order chi connectivity index (χ1) is 12.2. The molecule has 1 atom stereocenters. The summed E-state index contributed by atoms with van der Waals surface area (Å²) in [4.78, 5) is 4.68. The molecule has 1 aromatic carbocycles. The number of benzene rings is 1. The second-order valence-corrected chi connectivity index (χ2v) is 5.92. The predicted octanol–water partition coefficient (Wildman–Crippen LogP) is 2.63. The van der Waals surface area contributed by atoms with Gasteiger partial charge in [-0.05, 0) is 25.0 Å². The van der Waals surface area contributed by atoms with Crippen LogP contribution in [0.25, 0.3) is 0 Å². The number of guanidine groups is 1. The van der Waals surface area contributed by atoms with E-state index in [-0.39, 0.29) is 6.04 Å². The van der Waals surface area contributed by atoms with E-state index in [1.165, 1.54) is 11.1 Å². The third kappa shape index (κ3) is 5.45. The highest BCUT2D eigenvalue weighted by molar-refractivity contribution is 5.80. The molecule has 2 rings (SSSR count). The number of aromatic nitrogens is 3. The highest BCUT2D eigenvalue weighted by atomic mass is 15.3. The molecule has 1 heterocycles. The minimum absolute atomic E-state index is 0.165. The van der Waals surface area contributed by atoms with Gasteiger partial charge in [-0.25, -0.2) is 0 Å². The maximum Gasteiger partial charge on any atom is 0.192 e. The van der Waals surface area contributed by atoms with Crippen LogP contribution in [0.1, 0.15) is 36.8 Å². The van der Waals surface area contributed by atoms with Crippen molar-refractivity contribution in [1.29, 1.82) is 0 Å². The van der Waals surface area contributed by atoms with E-state index in [2.05, 4.69) is 77.4 Å². The first kappa shape index (κ1) is 18.7. The minimum Gasteiger partial charge on any atom is -0.353 e. The quantitative estimate of drug-likeness (QED) is 0.440. The van der Waals surface area contributed by atoms with Crippen LogP contribution in [0.4, 0.5) is 0 Å². The Morgan fingerprint density at radius 3 is 2.92 bits per heavy atom. The number of nitrogens with one attached hydrogen (secondary N) is 2. The van der Waals surface area contributed by atoms with Gasteiger partial charge in [0.1, 0.15) is 12.2 Å². The summed E-state index contributed by atoms with van der Waals surface area (Å²) in [5.74, 6) is 1.76. The largest absolute Gasteiger partial charge is 0.353 e. The summed E-state index contributed by atoms with van der Waals surface area (Å²) >= 11 is 0. The van der Waals surface area contributed by atoms with Crippen molar-refractivity contribution < 1.29 is 0 Å². The van der Waals surface area contributed by atoms with Gasteiger partial charge in [0.05, 0.1) is 12.6 Å². The van der Waals surface area contributed by atoms with Crippen LogP contribution in [0.2, 0.25) is 0 Å². The molecule has 134 valence electrons. The lowest BCUT2D eigenvalue weighted by Crippen LogP contribution is -2.39. The van der Waals surface area contributed by atoms with Gasteiger partial charge in [-0.1, -0.05) is 37.3 Å². The lowest BCUT2D eigenvalue weighted by atomic mass is 10.0. The molecular weight excluding hydrogens is 312 g/mol. The van der Waals surface area contributed by atoms with Gasteiger partial charge in [-0.2, -0.15) is 0 Å². The van der Waals surface area contributed by atoms with Crippen molar-refractivity contribution in [1.82, 2.24) is 25.4 Å². The molecule has 0 aliphatic heterocycles. The Morgan fingerprint density at radius 1 is 1.40 bits per heavy atom. The Bertz CT molecular complexity index is 703. The van der Waals surface area contributed by atoms with Crippen molar-refractivity contribution in [2.75, 3.05) is 13.1 Å². The standard InChI is InChI=1S/C19H28N6/c1-5-11-20-19(21-12-13-25-14-22-24-18(25)6-2)23-16(4)17-10-8-7-9-15(17)3/h5,7-10,14,16H,1,6,11-13H2,2-4H3,(H2,20,21,23). The van der Waals surface area contributed by atoms with Gasteiger partial charge in [0.15, 0.2) is 5.96 Å². The number of aliphatic imine (C=N–C) groups is 1. The number of rotatable bonds is 8. The Balaban J connectivity index is 2.02. The highest BCUT2D eigenvalue weighted by Crippen LogP contribution is 2.16. The lowest BCUT2D eigenvalue weighted by Gasteiger charge is -2.20. The summed E-state index contributed by atoms with van der Waals surface area (Å²) in [5, 5.41) is 14.8. The van der Waals surface area contributed by atoms with Crippen molar-refractivity contribution in [2.45, 2.75) is 39.8 Å². The van der Waals surface area contributed by atoms with Crippen molar-refractivity contribution >= 4 is 5.96 Å². The molecule has 0 radical (unpaired) electrons. The molecule has 0 fully saturated rings. The minimum atomic E-state index is 0.165. The smallest absolute Gasteiger partial charge is 0.192 e. The highest BCUT2D eigenvalue weighted by Gasteiger charge is 2.09. The van der Waals surface area contributed by atoms with Gasteiger partial charge in [-0.15, -0.1) is 16.8 Å². The Hall–Kier alpha value is -2.63. The van der Waals surface area contributed by atoms with Crippen molar-refractivity contribution in [2.24, 2.45) is 4.99 Å². The SMILES string of the molecule is C=CCNC(=NCCn1cnnc1CC)NC(C)c1ccccc1C. The van der Waals surface area contributed by atoms with E-state index in [1.54, 1.807) is 6.33 Å². The lowest BCUT2D eigenvalue weighted by molar-refractivity contribution is 0.650. The van der Waals surface area contributed by atoms with E-state index in [1.807, 2.05) is 10.6 Å². The van der Waals surface area contributed by atoms with Gasteiger partial charge in [0.25, 0.3) is 0 Å². The molecule has 1 aromatic heterocycles. The summed E-state index contributed by atoms with van der Waals surface area (Å²) < 4.78 is 2.04. The second-order valence-electron chi connectivity index (χ2n) is 5.92. The molecule has 25 heavy (non-hydrogen) atoms. The molecule has 0 saturated carbocycles. The molecule has 0 bridgehead atoms. The normalized spacial score (nSPS) is 12.7. The van der Waals surface area contributed by atoms with Crippen LogP contribution in [0.5, 0.6) is 0 Å². The van der Waals surface area contributed by atoms with E-state index in [4.69, 9.17) is 0 Å². The summed E-state index contributed by atoms with van der Waals surface area (Å²) in [7, 11) is 0. The first-order valence-electron chi connectivity index (χ1n) is 8.73. The zero-order valence-corrected chi connectivity index (χ0v) is 15.4. The summed E-state index contributed by atoms with van der Waals surface area (Å²) in [6.07, 6.45) is 4.45. The molecule has 6 nitrogen and oxygen atoms in total. The van der Waals surface area contributed by atoms with Crippen LogP contribution in [-0.4, -0.2) is 33.8 Å². The Morgan fingerprint density at radius 2 is 2.20 bits per heavy atom. The van der Waals surface area contributed by atoms with Gasteiger partial charge in [0, 0.05) is 19.5 Å². The summed E-state index contributed by atoms with van der Waals surface area (Å²) in [5.41, 5.74) is 2.53. The fraction of sp³-hybridized carbons (Fsp3) is 0.421. The zero-order chi connectivity index (χ0) is 18.1. The Kier molecular flexibility index (Phi) is 7.19. The van der Waals surface area contributed by atoms with E-state index in [9.17, 15) is 0 Å². The summed E-state index contributed by atoms with van der Waals surface area (Å²) in [6.45, 7) is 12.2. The van der Waals surface area contributed by atoms with Gasteiger partial charge in [0.2, 0.25) is 0 Å². The summed E-state index contributed by atoms with van der Waals surface area (Å²) in [6, 6.07) is 8.55. The maximum absolute atomic E-state index is 4.68. The predicted molar refractivity (Wildman–Crippen MR) is 103 cm³/mol. The zero-order valence-electron chi connectivity index (χ0n) is 15.4. The van der Waals surface area contributed by atoms with Crippen molar-refractivity contribution in [3.05, 3.63) is 60.2 Å². The molecular formula is C19H28N6. The van der Waals surface area contributed by atoms with Crippen LogP contribution >= 0.6 is 0 Å². The molecule has 0 aliphatic carbocycles. The molecule has 6 heteroatoms. The van der Waals surface area contributed by atoms with Gasteiger partial charge >= 0.3 is 0 Å². The average molecular weight is 340 g/mol. The number of hydrogen-bond donors (Lipinski definition) is 2. The molecule has 2 N–H and O–H groups in total. The van der Waals surface area contributed by atoms with Crippen LogP contribution in [0.3, 0.4) is 0 Å². The number of nitrogens with zero attached hydrogens (tertiary/aromatic N) is 4. The molecule has 0 spiro atoms. The third-order valence-electron chi connectivity index (χ3n) is 4.04. The topological polar surface area (TPSA) is 67.1 Å². The molecule has 0 saturated heterocycles. The second kappa shape index (κ2) is 9.61. The van der Waals surface area contributed by atoms with E-state index in [0.717, 1.165) is 24.7 Å². The van der Waals surface area contributed by atoms with Crippen LogP contribution in [-0.2, 0) is 13.0 Å². The molecule has 0 aliphatic rings. The first-order valence-corrected chi connectivity index (χ1v) is 8.73. The third-order valence-corrected chi connectivity index (χ3v) is 4.04. The molecule has 0 amide bonds. The van der Waals surface area contributed by atoms with E-state index >= 15 is 0 Å². The molecule has 2 aromatic rings. The molecule has 1 unspecified atom stereocenters. The maximum atomic E-state index is 4.68. The van der Waals surface area contributed by atoms with Crippen LogP contribution in [0.15, 0.2) is 48.2 Å².